The second-order valence-corrected chi connectivity index (χ2v) is 7.65. The van der Waals surface area contributed by atoms with Crippen LogP contribution in [0.2, 0.25) is 0 Å². The van der Waals surface area contributed by atoms with Gasteiger partial charge < -0.3 is 20.1 Å². The summed E-state index contributed by atoms with van der Waals surface area (Å²) in [5, 5.41) is 0.800. The summed E-state index contributed by atoms with van der Waals surface area (Å²) in [7, 11) is 3.21. The van der Waals surface area contributed by atoms with Crippen molar-refractivity contribution in [1.82, 2.24) is 9.88 Å². The van der Waals surface area contributed by atoms with Gasteiger partial charge in [0, 0.05) is 18.2 Å². The van der Waals surface area contributed by atoms with Crippen molar-refractivity contribution in [2.45, 2.75) is 26.3 Å². The van der Waals surface area contributed by atoms with Crippen LogP contribution in [0.15, 0.2) is 18.2 Å². The second-order valence-electron chi connectivity index (χ2n) is 6.65. The number of aryl methyl sites for hydroxylation is 1. The highest BCUT2D eigenvalue weighted by Gasteiger charge is 2.33. The molecule has 1 fully saturated rings. The summed E-state index contributed by atoms with van der Waals surface area (Å²) in [4.78, 5) is 20.3. The number of hydrogen-bond acceptors (Lipinski definition) is 6. The first kappa shape index (κ1) is 24.5. The fourth-order valence-electron chi connectivity index (χ4n) is 3.41. The maximum absolute atomic E-state index is 13.0. The second kappa shape index (κ2) is 10.3. The van der Waals surface area contributed by atoms with E-state index in [-0.39, 0.29) is 36.8 Å². The number of benzene rings is 1. The quantitative estimate of drug-likeness (QED) is 0.753. The highest BCUT2D eigenvalue weighted by molar-refractivity contribution is 7.17. The molecule has 2 heterocycles. The van der Waals surface area contributed by atoms with Gasteiger partial charge in [-0.05, 0) is 50.9 Å². The van der Waals surface area contributed by atoms with Gasteiger partial charge in [-0.15, -0.1) is 36.2 Å². The van der Waals surface area contributed by atoms with E-state index in [4.69, 9.17) is 15.2 Å². The largest absolute Gasteiger partial charge is 0.493 e. The number of carbonyl (C=O) groups is 1. The molecule has 1 aliphatic rings. The lowest BCUT2D eigenvalue weighted by atomic mass is 10.1. The van der Waals surface area contributed by atoms with Gasteiger partial charge in [0.1, 0.15) is 9.88 Å². The molecule has 1 aromatic heterocycles. The highest BCUT2D eigenvalue weighted by atomic mass is 35.5. The van der Waals surface area contributed by atoms with Crippen molar-refractivity contribution in [1.29, 1.82) is 0 Å². The number of methoxy groups -OCH3 is 2. The van der Waals surface area contributed by atoms with Crippen LogP contribution in [0.4, 0.5) is 0 Å². The number of nitrogens with zero attached hydrogens (tertiary/aromatic N) is 2. The van der Waals surface area contributed by atoms with E-state index < -0.39 is 0 Å². The zero-order valence-electron chi connectivity index (χ0n) is 16.4. The minimum atomic E-state index is 0. The van der Waals surface area contributed by atoms with E-state index >= 15 is 0 Å². The van der Waals surface area contributed by atoms with Gasteiger partial charge in [0.05, 0.1) is 19.9 Å². The van der Waals surface area contributed by atoms with Crippen LogP contribution in [0.3, 0.4) is 0 Å². The fourth-order valence-corrected chi connectivity index (χ4v) is 4.43. The predicted molar refractivity (Wildman–Crippen MR) is 118 cm³/mol. The molecular weight excluding hydrogens is 421 g/mol. The average Bonchev–Trinajstić information content (AvgIpc) is 3.23. The lowest BCUT2D eigenvalue weighted by Crippen LogP contribution is -2.34. The summed E-state index contributed by atoms with van der Waals surface area (Å²) in [6, 6.07) is 5.87. The van der Waals surface area contributed by atoms with Gasteiger partial charge in [-0.2, -0.15) is 0 Å². The molecule has 6 nitrogen and oxygen atoms in total. The molecule has 0 saturated carbocycles. The van der Waals surface area contributed by atoms with Crippen LogP contribution in [0.5, 0.6) is 11.5 Å². The molecule has 0 aliphatic carbocycles. The molecule has 2 N–H and O–H groups in total. The van der Waals surface area contributed by atoms with Crippen molar-refractivity contribution in [3.05, 3.63) is 28.8 Å². The number of halogens is 2. The van der Waals surface area contributed by atoms with Crippen LogP contribution < -0.4 is 15.2 Å². The topological polar surface area (TPSA) is 77.7 Å². The lowest BCUT2D eigenvalue weighted by Gasteiger charge is -2.20. The predicted octanol–water partition coefficient (Wildman–Crippen LogP) is 3.79. The molecule has 0 spiro atoms. The number of ether oxygens (including phenoxy) is 2. The number of carbonyl (C=O) groups excluding carboxylic acids is 1. The lowest BCUT2D eigenvalue weighted by molar-refractivity contribution is 0.0747. The Bertz CT molecular complexity index is 816. The van der Waals surface area contributed by atoms with Gasteiger partial charge in [-0.1, -0.05) is 0 Å². The third-order valence-electron chi connectivity index (χ3n) is 4.88. The molecule has 1 aliphatic heterocycles. The summed E-state index contributed by atoms with van der Waals surface area (Å²) in [6.45, 7) is 5.31. The fraction of sp³-hybridized carbons (Fsp3) is 0.474. The van der Waals surface area contributed by atoms with Crippen LogP contribution >= 0.6 is 36.2 Å². The van der Waals surface area contributed by atoms with Gasteiger partial charge in [-0.25, -0.2) is 4.98 Å². The Balaban J connectivity index is 0.00000196. The number of nitrogens with two attached hydrogens (primary N) is 1. The third-order valence-corrected chi connectivity index (χ3v) is 6.07. The zero-order valence-corrected chi connectivity index (χ0v) is 18.9. The number of thiazole rings is 1. The molecule has 0 bridgehead atoms. The van der Waals surface area contributed by atoms with Gasteiger partial charge >= 0.3 is 0 Å². The number of aromatic nitrogens is 1. The SMILES string of the molecule is COc1ccc(-c2nc(C)c(C(=O)N3CC(CN)CC3C)s2)cc1OC.Cl.Cl. The van der Waals surface area contributed by atoms with E-state index in [0.717, 1.165) is 29.2 Å². The maximum Gasteiger partial charge on any atom is 0.266 e. The Morgan fingerprint density at radius 2 is 1.96 bits per heavy atom. The van der Waals surface area contributed by atoms with Crippen molar-refractivity contribution in [2.75, 3.05) is 27.3 Å². The van der Waals surface area contributed by atoms with Crippen LogP contribution in [0, 0.1) is 12.8 Å². The summed E-state index contributed by atoms with van der Waals surface area (Å²) in [6.07, 6.45) is 0.961. The molecule has 2 atom stereocenters. The molecule has 9 heteroatoms. The molecule has 1 aromatic carbocycles. The van der Waals surface area contributed by atoms with E-state index in [2.05, 4.69) is 11.9 Å². The van der Waals surface area contributed by atoms with Crippen LogP contribution in [0.1, 0.15) is 28.7 Å². The smallest absolute Gasteiger partial charge is 0.266 e. The molecule has 28 heavy (non-hydrogen) atoms. The Labute approximate surface area is 182 Å². The molecule has 2 aromatic rings. The van der Waals surface area contributed by atoms with Crippen LogP contribution in [-0.4, -0.2) is 49.1 Å². The standard InChI is InChI=1S/C19H25N3O3S.2ClH/c1-11-7-13(9-20)10-22(11)19(23)17-12(2)21-18(26-17)14-5-6-15(24-3)16(8-14)25-4;;/h5-6,8,11,13H,7,9-10,20H2,1-4H3;2*1H. The minimum absolute atomic E-state index is 0. The minimum Gasteiger partial charge on any atom is -0.493 e. The maximum atomic E-state index is 13.0. The molecule has 1 saturated heterocycles. The van der Waals surface area contributed by atoms with E-state index in [1.807, 2.05) is 30.0 Å². The average molecular weight is 448 g/mol. The zero-order chi connectivity index (χ0) is 18.8. The first-order valence-electron chi connectivity index (χ1n) is 8.69. The molecule has 3 rings (SSSR count). The normalized spacial score (nSPS) is 18.2. The van der Waals surface area contributed by atoms with Crippen molar-refractivity contribution in [3.63, 3.8) is 0 Å². The number of rotatable bonds is 5. The number of hydrogen-bond donors (Lipinski definition) is 1. The number of likely N-dealkylation sites (tertiary alicyclic amines) is 1. The summed E-state index contributed by atoms with van der Waals surface area (Å²) in [5.74, 6) is 1.74. The summed E-state index contributed by atoms with van der Waals surface area (Å²) >= 11 is 1.42. The number of amides is 1. The first-order chi connectivity index (χ1) is 12.5. The van der Waals surface area contributed by atoms with Crippen molar-refractivity contribution in [3.8, 4) is 22.1 Å². The van der Waals surface area contributed by atoms with Gasteiger partial charge in [0.2, 0.25) is 0 Å². The van der Waals surface area contributed by atoms with Crippen LogP contribution in [-0.2, 0) is 0 Å². The Morgan fingerprint density at radius 3 is 2.54 bits per heavy atom. The molecule has 1 amide bonds. The summed E-state index contributed by atoms with van der Waals surface area (Å²) in [5.41, 5.74) is 7.45. The Kier molecular flexibility index (Phi) is 9.01. The molecule has 2 unspecified atom stereocenters. The van der Waals surface area contributed by atoms with Crippen LogP contribution in [0.25, 0.3) is 10.6 Å². The van der Waals surface area contributed by atoms with E-state index in [1.165, 1.54) is 11.3 Å². The van der Waals surface area contributed by atoms with E-state index in [9.17, 15) is 4.79 Å². The Morgan fingerprint density at radius 1 is 1.29 bits per heavy atom. The monoisotopic (exact) mass is 447 g/mol. The van der Waals surface area contributed by atoms with Gasteiger partial charge in [0.25, 0.3) is 5.91 Å². The first-order valence-corrected chi connectivity index (χ1v) is 9.51. The van der Waals surface area contributed by atoms with Crippen molar-refractivity contribution < 1.29 is 14.3 Å². The van der Waals surface area contributed by atoms with E-state index in [0.29, 0.717) is 28.8 Å². The van der Waals surface area contributed by atoms with Gasteiger partial charge in [0.15, 0.2) is 11.5 Å². The molecule has 156 valence electrons. The van der Waals surface area contributed by atoms with Gasteiger partial charge in [-0.3, -0.25) is 4.79 Å². The highest BCUT2D eigenvalue weighted by Crippen LogP contribution is 2.36. The third kappa shape index (κ3) is 4.71. The summed E-state index contributed by atoms with van der Waals surface area (Å²) < 4.78 is 10.6. The van der Waals surface area contributed by atoms with E-state index in [1.54, 1.807) is 14.2 Å². The molecule has 0 radical (unpaired) electrons. The van der Waals surface area contributed by atoms with Crippen molar-refractivity contribution in [2.24, 2.45) is 11.7 Å². The Hall–Kier alpha value is -1.54. The van der Waals surface area contributed by atoms with Crippen molar-refractivity contribution >= 4 is 42.1 Å². The molecular formula is C19H27Cl2N3O3S.